The molecule has 1 heterocycles. The average Bonchev–Trinajstić information content (AvgIpc) is 2.76. The lowest BCUT2D eigenvalue weighted by molar-refractivity contribution is -0.142. The summed E-state index contributed by atoms with van der Waals surface area (Å²) in [5.74, 6) is -1.56. The predicted molar refractivity (Wildman–Crippen MR) is 71.4 cm³/mol. The highest BCUT2D eigenvalue weighted by Crippen LogP contribution is 2.38. The molecule has 0 saturated carbocycles. The summed E-state index contributed by atoms with van der Waals surface area (Å²) in [5.41, 5.74) is -0.695. The van der Waals surface area contributed by atoms with Gasteiger partial charge in [-0.2, -0.15) is 5.26 Å². The maximum Gasteiger partial charge on any atom is 0.329 e. The van der Waals surface area contributed by atoms with Crippen molar-refractivity contribution in [2.45, 2.75) is 25.3 Å². The molecule has 1 aliphatic heterocycles. The number of carbonyl (C=O) groups is 1. The van der Waals surface area contributed by atoms with Crippen molar-refractivity contribution < 1.29 is 14.3 Å². The van der Waals surface area contributed by atoms with Crippen LogP contribution in [0.25, 0.3) is 0 Å². The van der Waals surface area contributed by atoms with E-state index in [1.807, 2.05) is 6.07 Å². The van der Waals surface area contributed by atoms with Crippen LogP contribution in [0.4, 0.5) is 10.1 Å². The topological polar surface area (TPSA) is 64.3 Å². The maximum atomic E-state index is 14.3. The van der Waals surface area contributed by atoms with Crippen LogP contribution in [0.15, 0.2) is 16.6 Å². The van der Waals surface area contributed by atoms with Gasteiger partial charge in [0.25, 0.3) is 0 Å². The monoisotopic (exact) mass is 326 g/mol. The zero-order valence-corrected chi connectivity index (χ0v) is 11.9. The van der Waals surface area contributed by atoms with Crippen LogP contribution >= 0.6 is 15.9 Å². The Morgan fingerprint density at radius 1 is 1.63 bits per heavy atom. The smallest absolute Gasteiger partial charge is 0.329 e. The molecule has 1 aromatic rings. The van der Waals surface area contributed by atoms with Gasteiger partial charge in [0.1, 0.15) is 11.6 Å². The first kappa shape index (κ1) is 13.8. The molecule has 1 unspecified atom stereocenters. The minimum Gasteiger partial charge on any atom is -0.480 e. The van der Waals surface area contributed by atoms with Gasteiger partial charge in [-0.3, -0.25) is 0 Å². The lowest BCUT2D eigenvalue weighted by atomic mass is 9.98. The van der Waals surface area contributed by atoms with Gasteiger partial charge in [0.05, 0.1) is 15.7 Å². The van der Waals surface area contributed by atoms with Crippen molar-refractivity contribution in [3.8, 4) is 6.07 Å². The van der Waals surface area contributed by atoms with Crippen LogP contribution in [-0.4, -0.2) is 23.2 Å². The second-order valence-electron chi connectivity index (χ2n) is 4.71. The van der Waals surface area contributed by atoms with Gasteiger partial charge >= 0.3 is 5.97 Å². The van der Waals surface area contributed by atoms with E-state index in [0.29, 0.717) is 19.4 Å². The highest BCUT2D eigenvalue weighted by molar-refractivity contribution is 9.10. The Labute approximate surface area is 118 Å². The molecule has 1 N–H and O–H groups in total. The van der Waals surface area contributed by atoms with Gasteiger partial charge in [0.2, 0.25) is 0 Å². The summed E-state index contributed by atoms with van der Waals surface area (Å²) in [5, 5.41) is 18.2. The minimum absolute atomic E-state index is 0.0761. The molecule has 100 valence electrons. The van der Waals surface area contributed by atoms with Crippen LogP contribution in [0, 0.1) is 17.1 Å². The lowest BCUT2D eigenvalue weighted by Gasteiger charge is -2.33. The van der Waals surface area contributed by atoms with E-state index in [-0.39, 0.29) is 15.7 Å². The maximum absolute atomic E-state index is 14.3. The summed E-state index contributed by atoms with van der Waals surface area (Å²) in [6.45, 7) is 2.08. The molecule has 0 radical (unpaired) electrons. The van der Waals surface area contributed by atoms with Gasteiger partial charge in [-0.1, -0.05) is 0 Å². The number of benzene rings is 1. The largest absolute Gasteiger partial charge is 0.480 e. The van der Waals surface area contributed by atoms with Crippen LogP contribution < -0.4 is 4.90 Å². The molecule has 2 rings (SSSR count). The van der Waals surface area contributed by atoms with Gasteiger partial charge in [-0.15, -0.1) is 0 Å². The Morgan fingerprint density at radius 2 is 2.32 bits per heavy atom. The Balaban J connectivity index is 2.52. The van der Waals surface area contributed by atoms with E-state index in [1.54, 1.807) is 11.8 Å². The molecule has 0 amide bonds. The molecule has 19 heavy (non-hydrogen) atoms. The third-order valence-electron chi connectivity index (χ3n) is 3.57. The number of nitriles is 1. The van der Waals surface area contributed by atoms with Crippen molar-refractivity contribution in [1.82, 2.24) is 0 Å². The average molecular weight is 327 g/mol. The van der Waals surface area contributed by atoms with Gasteiger partial charge in [-0.05, 0) is 47.8 Å². The van der Waals surface area contributed by atoms with Crippen molar-refractivity contribution in [2.24, 2.45) is 0 Å². The van der Waals surface area contributed by atoms with Crippen molar-refractivity contribution in [1.29, 1.82) is 5.26 Å². The number of anilines is 1. The van der Waals surface area contributed by atoms with Crippen LogP contribution in [0.1, 0.15) is 25.3 Å². The summed E-state index contributed by atoms with van der Waals surface area (Å²) in [6.07, 6.45) is 1.17. The number of hydrogen-bond acceptors (Lipinski definition) is 3. The normalized spacial score (nSPS) is 22.3. The van der Waals surface area contributed by atoms with Crippen molar-refractivity contribution in [3.05, 3.63) is 28.0 Å². The van der Waals surface area contributed by atoms with E-state index < -0.39 is 17.3 Å². The minimum atomic E-state index is -1.10. The summed E-state index contributed by atoms with van der Waals surface area (Å²) in [4.78, 5) is 13.0. The SMILES string of the molecule is CC1(C(=O)O)CCCN1c1ccc(C#N)c(Br)c1F. The van der Waals surface area contributed by atoms with E-state index in [4.69, 9.17) is 5.26 Å². The lowest BCUT2D eigenvalue weighted by Crippen LogP contribution is -2.48. The molecule has 6 heteroatoms. The molecular weight excluding hydrogens is 315 g/mol. The van der Waals surface area contributed by atoms with E-state index >= 15 is 0 Å². The number of nitrogens with zero attached hydrogens (tertiary/aromatic N) is 2. The molecule has 1 aliphatic rings. The van der Waals surface area contributed by atoms with Gasteiger partial charge in [0, 0.05) is 6.54 Å². The molecule has 0 aromatic heterocycles. The summed E-state index contributed by atoms with van der Waals surface area (Å²) in [6, 6.07) is 4.83. The quantitative estimate of drug-likeness (QED) is 0.907. The second kappa shape index (κ2) is 4.82. The Morgan fingerprint density at radius 3 is 2.89 bits per heavy atom. The van der Waals surface area contributed by atoms with Crippen molar-refractivity contribution in [3.63, 3.8) is 0 Å². The molecule has 1 fully saturated rings. The number of rotatable bonds is 2. The van der Waals surface area contributed by atoms with Gasteiger partial charge in [-0.25, -0.2) is 9.18 Å². The molecule has 0 spiro atoms. The number of halogens is 2. The second-order valence-corrected chi connectivity index (χ2v) is 5.50. The standard InChI is InChI=1S/C13H12BrFN2O2/c1-13(12(18)19)5-2-6-17(13)9-4-3-8(7-16)10(14)11(9)15/h3-4H,2,5-6H2,1H3,(H,18,19). The summed E-state index contributed by atoms with van der Waals surface area (Å²) < 4.78 is 14.4. The predicted octanol–water partition coefficient (Wildman–Crippen LogP) is 2.90. The highest BCUT2D eigenvalue weighted by atomic mass is 79.9. The molecule has 1 saturated heterocycles. The first-order valence-corrected chi connectivity index (χ1v) is 6.60. The fraction of sp³-hybridized carbons (Fsp3) is 0.385. The van der Waals surface area contributed by atoms with E-state index in [1.165, 1.54) is 12.1 Å². The van der Waals surface area contributed by atoms with Gasteiger partial charge < -0.3 is 10.0 Å². The molecule has 1 aromatic carbocycles. The Bertz CT molecular complexity index is 585. The molecular formula is C13H12BrFN2O2. The van der Waals surface area contributed by atoms with Crippen LogP contribution in [0.3, 0.4) is 0 Å². The van der Waals surface area contributed by atoms with E-state index in [0.717, 1.165) is 0 Å². The number of carboxylic acid groups (broad SMARTS) is 1. The molecule has 0 aliphatic carbocycles. The zero-order valence-electron chi connectivity index (χ0n) is 10.3. The number of aliphatic carboxylic acids is 1. The first-order valence-electron chi connectivity index (χ1n) is 5.81. The van der Waals surface area contributed by atoms with Crippen molar-refractivity contribution >= 4 is 27.6 Å². The van der Waals surface area contributed by atoms with Crippen LogP contribution in [0.2, 0.25) is 0 Å². The first-order chi connectivity index (χ1) is 8.91. The van der Waals surface area contributed by atoms with E-state index in [9.17, 15) is 14.3 Å². The number of carboxylic acids is 1. The Hall–Kier alpha value is -1.61. The third kappa shape index (κ3) is 2.08. The zero-order chi connectivity index (χ0) is 14.2. The summed E-state index contributed by atoms with van der Waals surface area (Å²) >= 11 is 3.04. The summed E-state index contributed by atoms with van der Waals surface area (Å²) in [7, 11) is 0. The number of hydrogen-bond donors (Lipinski definition) is 1. The van der Waals surface area contributed by atoms with E-state index in [2.05, 4.69) is 15.9 Å². The van der Waals surface area contributed by atoms with Crippen LogP contribution in [-0.2, 0) is 4.79 Å². The fourth-order valence-electron chi connectivity index (χ4n) is 2.41. The highest BCUT2D eigenvalue weighted by Gasteiger charge is 2.44. The fourth-order valence-corrected chi connectivity index (χ4v) is 2.83. The third-order valence-corrected chi connectivity index (χ3v) is 4.35. The Kier molecular flexibility index (Phi) is 3.50. The van der Waals surface area contributed by atoms with Crippen LogP contribution in [0.5, 0.6) is 0 Å². The molecule has 4 nitrogen and oxygen atoms in total. The van der Waals surface area contributed by atoms with Gasteiger partial charge in [0.15, 0.2) is 5.82 Å². The van der Waals surface area contributed by atoms with Crippen molar-refractivity contribution in [2.75, 3.05) is 11.4 Å². The molecule has 1 atom stereocenters. The molecule has 0 bridgehead atoms.